The van der Waals surface area contributed by atoms with E-state index in [9.17, 15) is 45.6 Å². The van der Waals surface area contributed by atoms with Crippen LogP contribution in [0.25, 0.3) is 0 Å². The number of rotatable bonds is 58. The molecule has 0 saturated carbocycles. The normalized spacial score (nSPS) is 23.7. The first-order valence-electron chi connectivity index (χ1n) is 35.8. The van der Waals surface area contributed by atoms with Crippen molar-refractivity contribution in [1.29, 1.82) is 0 Å². The molecular weight excluding hydrogens is 1110 g/mol. The van der Waals surface area contributed by atoms with Crippen molar-refractivity contribution in [1.82, 2.24) is 5.32 Å². The van der Waals surface area contributed by atoms with Crippen molar-refractivity contribution < 1.29 is 64.6 Å². The maximum atomic E-state index is 13.3. The van der Waals surface area contributed by atoms with Gasteiger partial charge in [-0.1, -0.05) is 279 Å². The van der Waals surface area contributed by atoms with Gasteiger partial charge in [-0.25, -0.2) is 0 Å². The Morgan fingerprint density at radius 3 is 1.25 bits per heavy atom. The van der Waals surface area contributed by atoms with Crippen molar-refractivity contribution >= 4 is 5.91 Å². The van der Waals surface area contributed by atoms with Gasteiger partial charge in [0.2, 0.25) is 5.91 Å². The summed E-state index contributed by atoms with van der Waals surface area (Å²) >= 11 is 0. The van der Waals surface area contributed by atoms with Crippen LogP contribution in [-0.4, -0.2) is 140 Å². The minimum absolute atomic E-state index is 0.252. The summed E-state index contributed by atoms with van der Waals surface area (Å²) in [7, 11) is 0. The highest BCUT2D eigenvalue weighted by Gasteiger charge is 2.51. The molecule has 12 unspecified atom stereocenters. The molecule has 2 saturated heterocycles. The smallest absolute Gasteiger partial charge is 0.220 e. The predicted octanol–water partition coefficient (Wildman–Crippen LogP) is 14.8. The lowest BCUT2D eigenvalue weighted by molar-refractivity contribution is -0.359. The number of carbonyl (C=O) groups excluding carboxylic acids is 1. The molecule has 1 amide bonds. The second-order valence-corrected chi connectivity index (χ2v) is 25.0. The van der Waals surface area contributed by atoms with Crippen LogP contribution in [-0.2, 0) is 23.7 Å². The Hall–Kier alpha value is -2.83. The molecular formula is C74H131NO13. The van der Waals surface area contributed by atoms with Crippen molar-refractivity contribution in [3.8, 4) is 0 Å². The van der Waals surface area contributed by atoms with Gasteiger partial charge in [-0.05, 0) is 83.5 Å². The van der Waals surface area contributed by atoms with Crippen molar-refractivity contribution in [3.63, 3.8) is 0 Å². The molecule has 0 aliphatic carbocycles. The fourth-order valence-electron chi connectivity index (χ4n) is 11.4. The largest absolute Gasteiger partial charge is 0.394 e. The number of carbonyl (C=O) groups is 1. The van der Waals surface area contributed by atoms with Crippen molar-refractivity contribution in [2.24, 2.45) is 0 Å². The van der Waals surface area contributed by atoms with Crippen LogP contribution in [0.15, 0.2) is 85.1 Å². The zero-order chi connectivity index (χ0) is 63.8. The Kier molecular flexibility index (Phi) is 53.6. The Bertz CT molecular complexity index is 1800. The van der Waals surface area contributed by atoms with E-state index in [0.717, 1.165) is 70.6 Å². The Morgan fingerprint density at radius 2 is 0.795 bits per heavy atom. The van der Waals surface area contributed by atoms with E-state index in [4.69, 9.17) is 18.9 Å². The van der Waals surface area contributed by atoms with Gasteiger partial charge in [-0.2, -0.15) is 0 Å². The fourth-order valence-corrected chi connectivity index (χ4v) is 11.4. The van der Waals surface area contributed by atoms with Gasteiger partial charge < -0.3 is 65.1 Å². The highest BCUT2D eigenvalue weighted by atomic mass is 16.7. The highest BCUT2D eigenvalue weighted by Crippen LogP contribution is 2.30. The van der Waals surface area contributed by atoms with Gasteiger partial charge >= 0.3 is 0 Å². The van der Waals surface area contributed by atoms with Gasteiger partial charge in [0.25, 0.3) is 0 Å². The van der Waals surface area contributed by atoms with E-state index in [-0.39, 0.29) is 18.9 Å². The molecule has 2 fully saturated rings. The van der Waals surface area contributed by atoms with Crippen LogP contribution >= 0.6 is 0 Å². The first kappa shape index (κ1) is 81.3. The number of unbranched alkanes of at least 4 members (excludes halogenated alkanes) is 33. The molecule has 2 rings (SSSR count). The lowest BCUT2D eigenvalue weighted by atomic mass is 9.97. The van der Waals surface area contributed by atoms with Crippen LogP contribution in [0.2, 0.25) is 0 Å². The first-order chi connectivity index (χ1) is 43.1. The van der Waals surface area contributed by atoms with E-state index in [1.165, 1.54) is 180 Å². The van der Waals surface area contributed by atoms with Crippen LogP contribution < -0.4 is 5.32 Å². The molecule has 2 aliphatic rings. The highest BCUT2D eigenvalue weighted by molar-refractivity contribution is 5.76. The summed E-state index contributed by atoms with van der Waals surface area (Å²) in [6, 6.07) is -0.938. The third-order valence-corrected chi connectivity index (χ3v) is 17.0. The topological polar surface area (TPSA) is 228 Å². The number of aliphatic hydroxyl groups excluding tert-OH is 8. The maximum Gasteiger partial charge on any atom is 0.220 e. The number of aliphatic hydroxyl groups is 8. The summed E-state index contributed by atoms with van der Waals surface area (Å²) in [5.41, 5.74) is 0. The van der Waals surface area contributed by atoms with E-state index in [2.05, 4.69) is 92.1 Å². The van der Waals surface area contributed by atoms with Gasteiger partial charge in [0.1, 0.15) is 48.8 Å². The third kappa shape index (κ3) is 41.6. The summed E-state index contributed by atoms with van der Waals surface area (Å²) in [6.45, 7) is 2.63. The second kappa shape index (κ2) is 58.0. The zero-order valence-corrected chi connectivity index (χ0v) is 55.4. The van der Waals surface area contributed by atoms with Gasteiger partial charge in [-0.15, -0.1) is 0 Å². The average Bonchev–Trinajstić information content (AvgIpc) is 2.45. The third-order valence-electron chi connectivity index (χ3n) is 17.0. The Morgan fingerprint density at radius 1 is 0.420 bits per heavy atom. The Labute approximate surface area is 535 Å². The molecule has 88 heavy (non-hydrogen) atoms. The predicted molar refractivity (Wildman–Crippen MR) is 360 cm³/mol. The number of amides is 1. The van der Waals surface area contributed by atoms with Crippen molar-refractivity contribution in [2.75, 3.05) is 19.8 Å². The molecule has 9 N–H and O–H groups in total. The molecule has 0 spiro atoms. The first-order valence-corrected chi connectivity index (χ1v) is 35.8. The van der Waals surface area contributed by atoms with Crippen LogP contribution in [0.1, 0.15) is 284 Å². The summed E-state index contributed by atoms with van der Waals surface area (Å²) in [4.78, 5) is 13.3. The molecule has 12 atom stereocenters. The SMILES string of the molecule is CC/C=C\C/C=C\C/C=C\C/C=C\CCCCCCCCCCCCCCCCCCCCCCCCCCCCCCC(=O)NC(COC1OC(CO)C(OC2OC(CO)C(O)C(O)C2O)C(O)C1O)C(O)/C=C/CC/C=C/CC/C=C/CCCCC. The number of hydrogen-bond acceptors (Lipinski definition) is 13. The number of nitrogens with one attached hydrogen (secondary N) is 1. The van der Waals surface area contributed by atoms with Crippen molar-refractivity contribution in [2.45, 2.75) is 357 Å². The minimum Gasteiger partial charge on any atom is -0.394 e. The lowest BCUT2D eigenvalue weighted by Gasteiger charge is -2.46. The molecule has 2 aliphatic heterocycles. The molecule has 14 nitrogen and oxygen atoms in total. The van der Waals surface area contributed by atoms with Crippen molar-refractivity contribution in [3.05, 3.63) is 85.1 Å². The van der Waals surface area contributed by atoms with E-state index in [1.54, 1.807) is 6.08 Å². The van der Waals surface area contributed by atoms with Crippen LogP contribution in [0.3, 0.4) is 0 Å². The van der Waals surface area contributed by atoms with Crippen LogP contribution in [0.4, 0.5) is 0 Å². The van der Waals surface area contributed by atoms with Gasteiger partial charge in [0.05, 0.1) is 32.0 Å². The maximum absolute atomic E-state index is 13.3. The molecule has 0 bridgehead atoms. The minimum atomic E-state index is -1.79. The average molecular weight is 1240 g/mol. The molecule has 2 heterocycles. The lowest BCUT2D eigenvalue weighted by Crippen LogP contribution is -2.65. The Balaban J connectivity index is 1.53. The molecule has 0 aromatic carbocycles. The molecule has 14 heteroatoms. The quantitative estimate of drug-likeness (QED) is 0.0204. The second-order valence-electron chi connectivity index (χ2n) is 25.0. The standard InChI is InChI=1S/C74H131NO13/c1-3-5-7-9-11-13-15-17-18-19-20-21-22-23-24-25-26-27-28-29-30-31-32-33-34-35-36-37-38-39-40-41-42-43-44-46-48-50-52-54-56-58-66(79)75-62(63(78)57-55-53-51-49-47-45-16-14-12-10-8-6-4-2)61-85-73-71(84)69(82)72(65(60-77)87-73)88-74-70(83)68(81)67(80)64(59-76)86-74/h5,7,11-14,17-18,20-21,47,49,55,57,62-65,67-74,76-78,80-84H,3-4,6,8-10,15-16,19,22-46,48,50-54,56,58-61H2,1-2H3,(H,75,79)/b7-5-,13-11-,14-12+,18-17-,21-20-,49-47+,57-55+. The van der Waals surface area contributed by atoms with Gasteiger partial charge in [-0.3, -0.25) is 4.79 Å². The van der Waals surface area contributed by atoms with E-state index < -0.39 is 86.8 Å². The molecule has 0 aromatic heterocycles. The van der Waals surface area contributed by atoms with E-state index >= 15 is 0 Å². The molecule has 0 radical (unpaired) electrons. The fraction of sp³-hybridized carbons (Fsp3) is 0.797. The van der Waals surface area contributed by atoms with E-state index in [1.807, 2.05) is 6.08 Å². The molecule has 0 aromatic rings. The van der Waals surface area contributed by atoms with Gasteiger partial charge in [0, 0.05) is 6.42 Å². The number of ether oxygens (including phenoxy) is 4. The van der Waals surface area contributed by atoms with Crippen LogP contribution in [0, 0.1) is 0 Å². The van der Waals surface area contributed by atoms with E-state index in [0.29, 0.717) is 12.8 Å². The number of hydrogen-bond donors (Lipinski definition) is 9. The summed E-state index contributed by atoms with van der Waals surface area (Å²) < 4.78 is 22.8. The molecule has 510 valence electrons. The number of allylic oxidation sites excluding steroid dienone is 13. The summed E-state index contributed by atoms with van der Waals surface area (Å²) in [6.07, 6.45) is 64.0. The summed E-state index contributed by atoms with van der Waals surface area (Å²) in [5.74, 6) is -0.252. The van der Waals surface area contributed by atoms with Crippen LogP contribution in [0.5, 0.6) is 0 Å². The van der Waals surface area contributed by atoms with Gasteiger partial charge in [0.15, 0.2) is 12.6 Å². The summed E-state index contributed by atoms with van der Waals surface area (Å²) in [5, 5.41) is 87.2. The zero-order valence-electron chi connectivity index (χ0n) is 55.4. The monoisotopic (exact) mass is 1240 g/mol.